The van der Waals surface area contributed by atoms with Crippen molar-refractivity contribution in [1.82, 2.24) is 15.0 Å². The highest BCUT2D eigenvalue weighted by Crippen LogP contribution is 2.29. The Balaban J connectivity index is 1.84. The molecule has 2 aromatic rings. The number of halogens is 1. The molecule has 0 radical (unpaired) electrons. The minimum absolute atomic E-state index is 0.0457. The third kappa shape index (κ3) is 2.78. The van der Waals surface area contributed by atoms with Gasteiger partial charge in [-0.05, 0) is 32.2 Å². The van der Waals surface area contributed by atoms with Crippen molar-refractivity contribution < 1.29 is 4.52 Å². The van der Waals surface area contributed by atoms with Gasteiger partial charge in [0.25, 0.3) is 0 Å². The zero-order chi connectivity index (χ0) is 15.7. The van der Waals surface area contributed by atoms with Crippen molar-refractivity contribution >= 4 is 17.3 Å². The van der Waals surface area contributed by atoms with E-state index in [0.29, 0.717) is 22.3 Å². The largest absolute Gasteiger partial charge is 0.368 e. The third-order valence-corrected chi connectivity index (χ3v) is 4.23. The lowest BCUT2D eigenvalue weighted by Gasteiger charge is -2.38. The number of hydrogen-bond acceptors (Lipinski definition) is 6. The molecule has 1 aromatic carbocycles. The first-order valence-electron chi connectivity index (χ1n) is 7.03. The fourth-order valence-electron chi connectivity index (χ4n) is 2.61. The monoisotopic (exact) mass is 317 g/mol. The van der Waals surface area contributed by atoms with Crippen LogP contribution in [0.4, 0.5) is 5.69 Å². The van der Waals surface area contributed by atoms with Crippen molar-refractivity contribution in [2.75, 3.05) is 31.6 Å². The van der Waals surface area contributed by atoms with Gasteiger partial charge in [0, 0.05) is 25.3 Å². The molecule has 22 heavy (non-hydrogen) atoms. The average Bonchev–Trinajstić information content (AvgIpc) is 2.94. The van der Waals surface area contributed by atoms with Crippen LogP contribution in [0.3, 0.4) is 0 Å². The van der Waals surface area contributed by atoms with Crippen molar-refractivity contribution in [3.63, 3.8) is 0 Å². The van der Waals surface area contributed by atoms with Crippen LogP contribution in [0.15, 0.2) is 22.7 Å². The summed E-state index contributed by atoms with van der Waals surface area (Å²) < 4.78 is 5.32. The first-order valence-corrected chi connectivity index (χ1v) is 7.41. The first-order chi connectivity index (χ1) is 10.6. The van der Waals surface area contributed by atoms with Crippen LogP contribution in [0.1, 0.15) is 23.3 Å². The maximum Gasteiger partial charge on any atom is 0.245 e. The molecule has 114 valence electrons. The molecule has 1 saturated heterocycles. The Morgan fingerprint density at radius 3 is 2.86 bits per heavy atom. The van der Waals surface area contributed by atoms with Crippen molar-refractivity contribution in [3.05, 3.63) is 40.5 Å². The highest BCUT2D eigenvalue weighted by molar-refractivity contribution is 6.32. The summed E-state index contributed by atoms with van der Waals surface area (Å²) in [5, 5.41) is 13.3. The van der Waals surface area contributed by atoms with Gasteiger partial charge < -0.3 is 9.42 Å². The van der Waals surface area contributed by atoms with Crippen LogP contribution in [0.2, 0.25) is 5.02 Å². The molecule has 7 heteroatoms. The molecule has 0 bridgehead atoms. The van der Waals surface area contributed by atoms with Crippen molar-refractivity contribution in [2.24, 2.45) is 0 Å². The molecule has 2 heterocycles. The Bertz CT molecular complexity index is 723. The number of nitriles is 1. The predicted octanol–water partition coefficient (Wildman–Crippen LogP) is 2.40. The second kappa shape index (κ2) is 5.95. The molecular formula is C15H16ClN5O. The van der Waals surface area contributed by atoms with Gasteiger partial charge in [0.2, 0.25) is 5.89 Å². The van der Waals surface area contributed by atoms with E-state index in [1.54, 1.807) is 6.07 Å². The molecule has 3 rings (SSSR count). The van der Waals surface area contributed by atoms with Crippen LogP contribution in [-0.2, 0) is 0 Å². The fourth-order valence-corrected chi connectivity index (χ4v) is 2.83. The van der Waals surface area contributed by atoms with Gasteiger partial charge >= 0.3 is 0 Å². The van der Waals surface area contributed by atoms with E-state index in [-0.39, 0.29) is 6.04 Å². The van der Waals surface area contributed by atoms with Crippen molar-refractivity contribution in [1.29, 1.82) is 5.26 Å². The van der Waals surface area contributed by atoms with Crippen LogP contribution in [0, 0.1) is 18.3 Å². The Kier molecular flexibility index (Phi) is 4.01. The van der Waals surface area contributed by atoms with E-state index in [1.165, 1.54) is 0 Å². The molecule has 0 aliphatic carbocycles. The topological polar surface area (TPSA) is 69.2 Å². The van der Waals surface area contributed by atoms with E-state index in [1.807, 2.05) is 26.1 Å². The van der Waals surface area contributed by atoms with E-state index < -0.39 is 0 Å². The molecule has 0 N–H and O–H groups in total. The fraction of sp³-hybridized carbons (Fsp3) is 0.400. The Morgan fingerprint density at radius 1 is 1.41 bits per heavy atom. The second-order valence-corrected chi connectivity index (χ2v) is 5.81. The number of rotatable bonds is 2. The summed E-state index contributed by atoms with van der Waals surface area (Å²) in [4.78, 5) is 8.77. The van der Waals surface area contributed by atoms with Gasteiger partial charge in [0.1, 0.15) is 12.1 Å². The summed E-state index contributed by atoms with van der Waals surface area (Å²) in [5.74, 6) is 1.27. The van der Waals surface area contributed by atoms with Gasteiger partial charge in [0.15, 0.2) is 5.82 Å². The van der Waals surface area contributed by atoms with Gasteiger partial charge in [-0.25, -0.2) is 0 Å². The van der Waals surface area contributed by atoms with E-state index in [4.69, 9.17) is 21.4 Å². The molecule has 6 nitrogen and oxygen atoms in total. The molecule has 1 aliphatic heterocycles. The molecule has 0 amide bonds. The zero-order valence-electron chi connectivity index (χ0n) is 12.5. The number of piperazine rings is 1. The number of aryl methyl sites for hydroxylation is 1. The SMILES string of the molecule is Cc1noc(C2CN(c3ccc(C#N)c(Cl)c3)CCN2C)n1. The Morgan fingerprint density at radius 2 is 2.23 bits per heavy atom. The summed E-state index contributed by atoms with van der Waals surface area (Å²) in [6.07, 6.45) is 0. The van der Waals surface area contributed by atoms with Gasteiger partial charge in [-0.15, -0.1) is 0 Å². The Labute approximate surface area is 133 Å². The summed E-state index contributed by atoms with van der Waals surface area (Å²) in [6.45, 7) is 4.31. The number of anilines is 1. The van der Waals surface area contributed by atoms with E-state index >= 15 is 0 Å². The maximum absolute atomic E-state index is 8.97. The van der Waals surface area contributed by atoms with Crippen molar-refractivity contribution in [2.45, 2.75) is 13.0 Å². The molecule has 1 unspecified atom stereocenters. The standard InChI is InChI=1S/C15H16ClN5O/c1-10-18-15(22-19-10)14-9-21(6-5-20(14)2)12-4-3-11(8-17)13(16)7-12/h3-4,7,14H,5-6,9H2,1-2H3. The normalized spacial score (nSPS) is 19.2. The van der Waals surface area contributed by atoms with Gasteiger partial charge in [0.05, 0.1) is 10.6 Å². The highest BCUT2D eigenvalue weighted by Gasteiger charge is 2.30. The second-order valence-electron chi connectivity index (χ2n) is 5.40. The zero-order valence-corrected chi connectivity index (χ0v) is 13.2. The van der Waals surface area contributed by atoms with Crippen molar-refractivity contribution in [3.8, 4) is 6.07 Å². The highest BCUT2D eigenvalue weighted by atomic mass is 35.5. The van der Waals surface area contributed by atoms with Gasteiger partial charge in [-0.2, -0.15) is 10.2 Å². The number of hydrogen-bond donors (Lipinski definition) is 0. The summed E-state index contributed by atoms with van der Waals surface area (Å²) in [6, 6.07) is 7.63. The molecule has 0 saturated carbocycles. The van der Waals surface area contributed by atoms with Crippen LogP contribution >= 0.6 is 11.6 Å². The minimum Gasteiger partial charge on any atom is -0.368 e. The number of benzene rings is 1. The van der Waals surface area contributed by atoms with E-state index in [0.717, 1.165) is 25.3 Å². The van der Waals surface area contributed by atoms with E-state index in [2.05, 4.69) is 26.0 Å². The number of likely N-dealkylation sites (N-methyl/N-ethyl adjacent to an activating group) is 1. The summed E-state index contributed by atoms with van der Waals surface area (Å²) in [7, 11) is 2.05. The predicted molar refractivity (Wildman–Crippen MR) is 82.8 cm³/mol. The molecule has 0 spiro atoms. The molecule has 1 atom stereocenters. The number of aromatic nitrogens is 2. The van der Waals surface area contributed by atoms with Crippen LogP contribution in [-0.4, -0.2) is 41.7 Å². The molecule has 1 aromatic heterocycles. The first kappa shape index (κ1) is 14.8. The molecule has 1 fully saturated rings. The minimum atomic E-state index is 0.0457. The number of nitrogens with zero attached hydrogens (tertiary/aromatic N) is 5. The van der Waals surface area contributed by atoms with Crippen LogP contribution in [0.25, 0.3) is 0 Å². The van der Waals surface area contributed by atoms with Gasteiger partial charge in [-0.3, -0.25) is 4.90 Å². The van der Waals surface area contributed by atoms with Crippen LogP contribution < -0.4 is 4.90 Å². The third-order valence-electron chi connectivity index (χ3n) is 3.91. The maximum atomic E-state index is 8.97. The molecule has 1 aliphatic rings. The summed E-state index contributed by atoms with van der Waals surface area (Å²) in [5.41, 5.74) is 1.49. The van der Waals surface area contributed by atoms with Crippen LogP contribution in [0.5, 0.6) is 0 Å². The lowest BCUT2D eigenvalue weighted by molar-refractivity contribution is 0.177. The average molecular weight is 318 g/mol. The quantitative estimate of drug-likeness (QED) is 0.847. The van der Waals surface area contributed by atoms with Gasteiger partial charge in [-0.1, -0.05) is 16.8 Å². The lowest BCUT2D eigenvalue weighted by atomic mass is 10.1. The summed E-state index contributed by atoms with van der Waals surface area (Å²) >= 11 is 6.13. The smallest absolute Gasteiger partial charge is 0.245 e. The Hall–Kier alpha value is -2.10. The van der Waals surface area contributed by atoms with E-state index in [9.17, 15) is 0 Å². The lowest BCUT2D eigenvalue weighted by Crippen LogP contribution is -2.46. The molecular weight excluding hydrogens is 302 g/mol.